The summed E-state index contributed by atoms with van der Waals surface area (Å²) >= 11 is 0. The van der Waals surface area contributed by atoms with Crippen molar-refractivity contribution >= 4 is 17.9 Å². The van der Waals surface area contributed by atoms with Gasteiger partial charge in [0.05, 0.1) is 5.92 Å². The quantitative estimate of drug-likeness (QED) is 0.656. The number of carbonyl (C=O) groups excluding carboxylic acids is 2. The van der Waals surface area contributed by atoms with E-state index in [0.29, 0.717) is 25.9 Å². The molecule has 108 valence electrons. The second-order valence-electron chi connectivity index (χ2n) is 4.56. The first kappa shape index (κ1) is 15.3. The van der Waals surface area contributed by atoms with Crippen LogP contribution in [0, 0.1) is 5.92 Å². The predicted molar refractivity (Wildman–Crippen MR) is 68.6 cm³/mol. The van der Waals surface area contributed by atoms with Crippen LogP contribution in [0.2, 0.25) is 0 Å². The van der Waals surface area contributed by atoms with Crippen LogP contribution in [0.1, 0.15) is 26.2 Å². The summed E-state index contributed by atoms with van der Waals surface area (Å²) in [7, 11) is 0. The Balaban J connectivity index is 2.29. The molecule has 0 radical (unpaired) electrons. The topological polar surface area (TPSA) is 98.7 Å². The third kappa shape index (κ3) is 5.15. The molecule has 1 atom stereocenters. The number of hydrogen-bond acceptors (Lipinski definition) is 3. The van der Waals surface area contributed by atoms with Crippen LogP contribution in [-0.4, -0.2) is 54.1 Å². The third-order valence-electron chi connectivity index (χ3n) is 3.06. The van der Waals surface area contributed by atoms with Crippen molar-refractivity contribution in [3.63, 3.8) is 0 Å². The molecule has 7 nitrogen and oxygen atoms in total. The van der Waals surface area contributed by atoms with Crippen molar-refractivity contribution in [1.29, 1.82) is 0 Å². The lowest BCUT2D eigenvalue weighted by molar-refractivity contribution is -0.143. The number of piperidine rings is 1. The maximum Gasteiger partial charge on any atom is 0.317 e. The number of nitrogens with zero attached hydrogens (tertiary/aromatic N) is 1. The van der Waals surface area contributed by atoms with Gasteiger partial charge < -0.3 is 20.6 Å². The van der Waals surface area contributed by atoms with Gasteiger partial charge in [0, 0.05) is 32.6 Å². The molecule has 0 bridgehead atoms. The highest BCUT2D eigenvalue weighted by atomic mass is 16.4. The molecular weight excluding hydrogens is 250 g/mol. The predicted octanol–water partition coefficient (Wildman–Crippen LogP) is 0.0188. The molecule has 1 saturated heterocycles. The third-order valence-corrected chi connectivity index (χ3v) is 3.06. The lowest BCUT2D eigenvalue weighted by atomic mass is 9.99. The zero-order valence-electron chi connectivity index (χ0n) is 11.1. The molecule has 0 aromatic rings. The zero-order valence-corrected chi connectivity index (χ0v) is 11.1. The van der Waals surface area contributed by atoms with E-state index in [1.54, 1.807) is 0 Å². The molecule has 0 aliphatic carbocycles. The van der Waals surface area contributed by atoms with Crippen LogP contribution in [0.3, 0.4) is 0 Å². The molecule has 3 N–H and O–H groups in total. The van der Waals surface area contributed by atoms with E-state index in [1.165, 1.54) is 4.90 Å². The van der Waals surface area contributed by atoms with Crippen molar-refractivity contribution < 1.29 is 19.5 Å². The first-order valence-electron chi connectivity index (χ1n) is 6.56. The number of carboxylic acid groups (broad SMARTS) is 1. The van der Waals surface area contributed by atoms with Gasteiger partial charge in [-0.25, -0.2) is 4.79 Å². The summed E-state index contributed by atoms with van der Waals surface area (Å²) in [5.74, 6) is -1.45. The van der Waals surface area contributed by atoms with E-state index in [9.17, 15) is 14.4 Å². The highest BCUT2D eigenvalue weighted by molar-refractivity contribution is 5.79. The van der Waals surface area contributed by atoms with Crippen LogP contribution in [0.25, 0.3) is 0 Å². The van der Waals surface area contributed by atoms with Crippen LogP contribution in [-0.2, 0) is 9.59 Å². The Labute approximate surface area is 112 Å². The Morgan fingerprint density at radius 3 is 2.68 bits per heavy atom. The summed E-state index contributed by atoms with van der Waals surface area (Å²) in [4.78, 5) is 35.4. The molecule has 0 aromatic carbocycles. The van der Waals surface area contributed by atoms with Crippen LogP contribution >= 0.6 is 0 Å². The number of nitrogens with one attached hydrogen (secondary N) is 2. The fourth-order valence-corrected chi connectivity index (χ4v) is 2.04. The molecule has 1 aliphatic heterocycles. The Morgan fingerprint density at radius 1 is 1.32 bits per heavy atom. The second kappa shape index (κ2) is 7.60. The number of urea groups is 1. The van der Waals surface area contributed by atoms with Crippen molar-refractivity contribution in [3.8, 4) is 0 Å². The minimum atomic E-state index is -0.861. The second-order valence-corrected chi connectivity index (χ2v) is 4.56. The van der Waals surface area contributed by atoms with Gasteiger partial charge in [0.1, 0.15) is 0 Å². The summed E-state index contributed by atoms with van der Waals surface area (Å²) in [5.41, 5.74) is 0. The maximum absolute atomic E-state index is 11.8. The minimum absolute atomic E-state index is 0.107. The average molecular weight is 271 g/mol. The molecule has 0 saturated carbocycles. The first-order valence-corrected chi connectivity index (χ1v) is 6.56. The summed E-state index contributed by atoms with van der Waals surface area (Å²) < 4.78 is 0. The average Bonchev–Trinajstić information content (AvgIpc) is 2.39. The standard InChI is InChI=1S/C12H21N3O4/c1-2-13-10(16)5-6-14-12(19)15-7-3-4-9(8-15)11(17)18/h9H,2-8H2,1H3,(H,13,16)(H,14,19)(H,17,18)/t9-/m1/s1. The summed E-state index contributed by atoms with van der Waals surface area (Å²) in [6.07, 6.45) is 1.54. The number of amides is 3. The van der Waals surface area contributed by atoms with E-state index in [4.69, 9.17) is 5.11 Å². The number of aliphatic carboxylic acids is 1. The molecule has 0 unspecified atom stereocenters. The monoisotopic (exact) mass is 271 g/mol. The van der Waals surface area contributed by atoms with Gasteiger partial charge in [0.25, 0.3) is 0 Å². The van der Waals surface area contributed by atoms with Crippen molar-refractivity contribution in [1.82, 2.24) is 15.5 Å². The van der Waals surface area contributed by atoms with Crippen LogP contribution in [0.4, 0.5) is 4.79 Å². The van der Waals surface area contributed by atoms with Gasteiger partial charge in [-0.05, 0) is 19.8 Å². The van der Waals surface area contributed by atoms with Gasteiger partial charge in [-0.2, -0.15) is 0 Å². The summed E-state index contributed by atoms with van der Waals surface area (Å²) in [6, 6.07) is -0.296. The first-order chi connectivity index (χ1) is 9.04. The van der Waals surface area contributed by atoms with Crippen LogP contribution < -0.4 is 10.6 Å². The van der Waals surface area contributed by atoms with E-state index in [1.807, 2.05) is 6.92 Å². The number of carboxylic acids is 1. The fourth-order valence-electron chi connectivity index (χ4n) is 2.04. The van der Waals surface area contributed by atoms with E-state index in [2.05, 4.69) is 10.6 Å². The molecule has 19 heavy (non-hydrogen) atoms. The molecular formula is C12H21N3O4. The van der Waals surface area contributed by atoms with Gasteiger partial charge >= 0.3 is 12.0 Å². The Hall–Kier alpha value is -1.79. The molecule has 1 fully saturated rings. The van der Waals surface area contributed by atoms with Crippen LogP contribution in [0.15, 0.2) is 0 Å². The molecule has 1 aliphatic rings. The van der Waals surface area contributed by atoms with E-state index in [0.717, 1.165) is 0 Å². The number of carbonyl (C=O) groups is 3. The van der Waals surface area contributed by atoms with Gasteiger partial charge in [-0.15, -0.1) is 0 Å². The van der Waals surface area contributed by atoms with Gasteiger partial charge in [-0.1, -0.05) is 0 Å². The van der Waals surface area contributed by atoms with Gasteiger partial charge in [0.15, 0.2) is 0 Å². The van der Waals surface area contributed by atoms with Crippen molar-refractivity contribution in [2.24, 2.45) is 5.92 Å². The summed E-state index contributed by atoms with van der Waals surface area (Å²) in [6.45, 7) is 3.47. The number of likely N-dealkylation sites (tertiary alicyclic amines) is 1. The Kier molecular flexibility index (Phi) is 6.11. The zero-order chi connectivity index (χ0) is 14.3. The lowest BCUT2D eigenvalue weighted by Crippen LogP contribution is -2.47. The van der Waals surface area contributed by atoms with Crippen molar-refractivity contribution in [2.45, 2.75) is 26.2 Å². The van der Waals surface area contributed by atoms with E-state index in [-0.39, 0.29) is 31.4 Å². The highest BCUT2D eigenvalue weighted by Gasteiger charge is 2.27. The smallest absolute Gasteiger partial charge is 0.317 e. The number of hydrogen-bond donors (Lipinski definition) is 3. The number of rotatable bonds is 5. The van der Waals surface area contributed by atoms with Crippen molar-refractivity contribution in [3.05, 3.63) is 0 Å². The van der Waals surface area contributed by atoms with Gasteiger partial charge in [-0.3, -0.25) is 9.59 Å². The Morgan fingerprint density at radius 2 is 2.05 bits per heavy atom. The highest BCUT2D eigenvalue weighted by Crippen LogP contribution is 2.16. The molecule has 3 amide bonds. The van der Waals surface area contributed by atoms with Crippen LogP contribution in [0.5, 0.6) is 0 Å². The summed E-state index contributed by atoms with van der Waals surface area (Å²) in [5, 5.41) is 14.2. The van der Waals surface area contributed by atoms with E-state index < -0.39 is 11.9 Å². The Bertz CT molecular complexity index is 346. The van der Waals surface area contributed by atoms with Gasteiger partial charge in [0.2, 0.25) is 5.91 Å². The molecule has 1 rings (SSSR count). The SMILES string of the molecule is CCNC(=O)CCNC(=O)N1CCC[C@@H](C(=O)O)C1. The maximum atomic E-state index is 11.8. The molecule has 7 heteroatoms. The van der Waals surface area contributed by atoms with E-state index >= 15 is 0 Å². The minimum Gasteiger partial charge on any atom is -0.481 e. The molecule has 1 heterocycles. The van der Waals surface area contributed by atoms with Crippen molar-refractivity contribution in [2.75, 3.05) is 26.2 Å². The largest absolute Gasteiger partial charge is 0.481 e. The normalized spacial score (nSPS) is 18.8. The lowest BCUT2D eigenvalue weighted by Gasteiger charge is -2.30. The fraction of sp³-hybridized carbons (Fsp3) is 0.750. The molecule has 0 aromatic heterocycles. The molecule has 0 spiro atoms.